The molecule has 0 radical (unpaired) electrons. The molecule has 1 rings (SSSR count). The lowest BCUT2D eigenvalue weighted by Crippen LogP contribution is -2.44. The molecule has 0 aliphatic rings. The second-order valence-corrected chi connectivity index (χ2v) is 7.03. The SMILES string of the molecule is CCCOc1ccc(/C=C/C(=O)NCC(CC(C)C)NC(=O)OCC)cc1OC. The van der Waals surface area contributed by atoms with Crippen molar-refractivity contribution in [2.24, 2.45) is 5.92 Å². The minimum atomic E-state index is -0.472. The van der Waals surface area contributed by atoms with E-state index in [9.17, 15) is 9.59 Å². The van der Waals surface area contributed by atoms with Crippen LogP contribution in [0.2, 0.25) is 0 Å². The first kappa shape index (κ1) is 24.3. The van der Waals surface area contributed by atoms with Crippen molar-refractivity contribution in [2.45, 2.75) is 46.6 Å². The standard InChI is InChI=1S/C22H34N2O5/c1-6-12-29-19-10-8-17(14-20(19)27-5)9-11-21(25)23-15-18(13-16(3)4)24-22(26)28-7-2/h8-11,14,16,18H,6-7,12-13,15H2,1-5H3,(H,23,25)(H,24,26)/b11-9+. The topological polar surface area (TPSA) is 85.9 Å². The van der Waals surface area contributed by atoms with E-state index in [0.29, 0.717) is 37.2 Å². The van der Waals surface area contributed by atoms with Crippen molar-refractivity contribution in [2.75, 3.05) is 26.9 Å². The van der Waals surface area contributed by atoms with Crippen LogP contribution in [0.1, 0.15) is 46.1 Å². The molecule has 2 N–H and O–H groups in total. The van der Waals surface area contributed by atoms with Crippen LogP contribution < -0.4 is 20.1 Å². The first-order chi connectivity index (χ1) is 13.9. The molecule has 0 saturated heterocycles. The number of carbonyl (C=O) groups is 2. The zero-order valence-electron chi connectivity index (χ0n) is 18.1. The fourth-order valence-corrected chi connectivity index (χ4v) is 2.68. The average Bonchev–Trinajstić information content (AvgIpc) is 2.68. The van der Waals surface area contributed by atoms with Gasteiger partial charge >= 0.3 is 6.09 Å². The molecular formula is C22H34N2O5. The Morgan fingerprint density at radius 3 is 2.55 bits per heavy atom. The van der Waals surface area contributed by atoms with Gasteiger partial charge in [-0.1, -0.05) is 26.8 Å². The molecule has 2 amide bonds. The predicted molar refractivity (Wildman–Crippen MR) is 114 cm³/mol. The molecule has 162 valence electrons. The second-order valence-electron chi connectivity index (χ2n) is 7.03. The molecule has 0 fully saturated rings. The highest BCUT2D eigenvalue weighted by atomic mass is 16.5. The third kappa shape index (κ3) is 9.87. The fourth-order valence-electron chi connectivity index (χ4n) is 2.68. The van der Waals surface area contributed by atoms with E-state index in [2.05, 4.69) is 24.5 Å². The van der Waals surface area contributed by atoms with E-state index in [1.54, 1.807) is 20.1 Å². The van der Waals surface area contributed by atoms with Crippen molar-refractivity contribution in [1.29, 1.82) is 0 Å². The smallest absolute Gasteiger partial charge is 0.407 e. The summed E-state index contributed by atoms with van der Waals surface area (Å²) in [6.45, 7) is 9.16. The van der Waals surface area contributed by atoms with E-state index >= 15 is 0 Å². The minimum absolute atomic E-state index is 0.193. The molecule has 0 heterocycles. The van der Waals surface area contributed by atoms with Gasteiger partial charge in [0, 0.05) is 18.7 Å². The number of rotatable bonds is 12. The van der Waals surface area contributed by atoms with Gasteiger partial charge in [0.2, 0.25) is 5.91 Å². The molecule has 7 nitrogen and oxygen atoms in total. The number of hydrogen-bond donors (Lipinski definition) is 2. The Balaban J connectivity index is 2.64. The number of hydrogen-bond acceptors (Lipinski definition) is 5. The molecule has 7 heteroatoms. The Morgan fingerprint density at radius 2 is 1.93 bits per heavy atom. The second kappa shape index (κ2) is 13.5. The monoisotopic (exact) mass is 406 g/mol. The highest BCUT2D eigenvalue weighted by Gasteiger charge is 2.15. The van der Waals surface area contributed by atoms with Crippen LogP contribution in [-0.4, -0.2) is 44.9 Å². The van der Waals surface area contributed by atoms with Crippen LogP contribution in [0.15, 0.2) is 24.3 Å². The molecule has 0 spiro atoms. The van der Waals surface area contributed by atoms with E-state index < -0.39 is 6.09 Å². The summed E-state index contributed by atoms with van der Waals surface area (Å²) in [6.07, 6.45) is 4.34. The van der Waals surface area contributed by atoms with Crippen molar-refractivity contribution < 1.29 is 23.8 Å². The van der Waals surface area contributed by atoms with Crippen molar-refractivity contribution >= 4 is 18.1 Å². The van der Waals surface area contributed by atoms with Crippen LogP contribution in [0.3, 0.4) is 0 Å². The van der Waals surface area contributed by atoms with Crippen molar-refractivity contribution in [1.82, 2.24) is 10.6 Å². The molecular weight excluding hydrogens is 372 g/mol. The lowest BCUT2D eigenvalue weighted by Gasteiger charge is -2.20. The summed E-state index contributed by atoms with van der Waals surface area (Å²) >= 11 is 0. The molecule has 1 unspecified atom stereocenters. The summed E-state index contributed by atoms with van der Waals surface area (Å²) in [5.41, 5.74) is 0.823. The maximum absolute atomic E-state index is 12.2. The van der Waals surface area contributed by atoms with Crippen LogP contribution >= 0.6 is 0 Å². The first-order valence-electron chi connectivity index (χ1n) is 10.1. The minimum Gasteiger partial charge on any atom is -0.493 e. The van der Waals surface area contributed by atoms with Gasteiger partial charge in [-0.2, -0.15) is 0 Å². The molecule has 0 saturated carbocycles. The maximum atomic E-state index is 12.2. The number of amides is 2. The lowest BCUT2D eigenvalue weighted by atomic mass is 10.0. The normalized spacial score (nSPS) is 11.9. The van der Waals surface area contributed by atoms with Crippen LogP contribution in [0.4, 0.5) is 4.79 Å². The number of nitrogens with one attached hydrogen (secondary N) is 2. The Hall–Kier alpha value is -2.70. The van der Waals surface area contributed by atoms with Gasteiger partial charge in [-0.05, 0) is 49.5 Å². The van der Waals surface area contributed by atoms with Crippen molar-refractivity contribution in [3.8, 4) is 11.5 Å². The van der Waals surface area contributed by atoms with Crippen LogP contribution in [0.5, 0.6) is 11.5 Å². The zero-order valence-corrected chi connectivity index (χ0v) is 18.1. The number of methoxy groups -OCH3 is 1. The Kier molecular flexibility index (Phi) is 11.3. The molecule has 1 atom stereocenters. The van der Waals surface area contributed by atoms with Gasteiger partial charge in [-0.15, -0.1) is 0 Å². The van der Waals surface area contributed by atoms with Gasteiger partial charge in [0.25, 0.3) is 0 Å². The Bertz CT molecular complexity index is 673. The van der Waals surface area contributed by atoms with E-state index in [1.807, 2.05) is 25.1 Å². The number of alkyl carbamates (subject to hydrolysis) is 1. The van der Waals surface area contributed by atoms with Gasteiger partial charge in [-0.3, -0.25) is 4.79 Å². The summed E-state index contributed by atoms with van der Waals surface area (Å²) < 4.78 is 15.9. The number of ether oxygens (including phenoxy) is 3. The van der Waals surface area contributed by atoms with E-state index in [1.165, 1.54) is 6.08 Å². The predicted octanol–water partition coefficient (Wildman–Crippen LogP) is 3.77. The van der Waals surface area contributed by atoms with Gasteiger partial charge in [0.15, 0.2) is 11.5 Å². The fraction of sp³-hybridized carbons (Fsp3) is 0.545. The van der Waals surface area contributed by atoms with Crippen LogP contribution in [-0.2, 0) is 9.53 Å². The van der Waals surface area contributed by atoms with Crippen LogP contribution in [0, 0.1) is 5.92 Å². The quantitative estimate of drug-likeness (QED) is 0.516. The van der Waals surface area contributed by atoms with Gasteiger partial charge < -0.3 is 24.8 Å². The highest BCUT2D eigenvalue weighted by molar-refractivity contribution is 5.91. The molecule has 0 aliphatic carbocycles. The summed E-state index contributed by atoms with van der Waals surface area (Å²) in [6, 6.07) is 5.31. The zero-order chi connectivity index (χ0) is 21.6. The Labute approximate surface area is 173 Å². The van der Waals surface area contributed by atoms with Crippen molar-refractivity contribution in [3.63, 3.8) is 0 Å². The first-order valence-corrected chi connectivity index (χ1v) is 10.1. The van der Waals surface area contributed by atoms with E-state index in [0.717, 1.165) is 18.4 Å². The Morgan fingerprint density at radius 1 is 1.17 bits per heavy atom. The number of carbonyl (C=O) groups excluding carboxylic acids is 2. The molecule has 29 heavy (non-hydrogen) atoms. The molecule has 1 aromatic rings. The van der Waals surface area contributed by atoms with Crippen LogP contribution in [0.25, 0.3) is 6.08 Å². The molecule has 0 aromatic heterocycles. The van der Waals surface area contributed by atoms with Crippen molar-refractivity contribution in [3.05, 3.63) is 29.8 Å². The molecule has 1 aromatic carbocycles. The third-order valence-electron chi connectivity index (χ3n) is 3.95. The lowest BCUT2D eigenvalue weighted by molar-refractivity contribution is -0.116. The molecule has 0 aliphatic heterocycles. The summed E-state index contributed by atoms with van der Waals surface area (Å²) in [4.78, 5) is 23.8. The summed E-state index contributed by atoms with van der Waals surface area (Å²) in [5, 5.41) is 5.61. The number of benzene rings is 1. The van der Waals surface area contributed by atoms with Gasteiger partial charge in [0.1, 0.15) is 0 Å². The van der Waals surface area contributed by atoms with Gasteiger partial charge in [0.05, 0.1) is 20.3 Å². The highest BCUT2D eigenvalue weighted by Crippen LogP contribution is 2.28. The average molecular weight is 407 g/mol. The van der Waals surface area contributed by atoms with E-state index in [-0.39, 0.29) is 11.9 Å². The largest absolute Gasteiger partial charge is 0.493 e. The van der Waals surface area contributed by atoms with E-state index in [4.69, 9.17) is 14.2 Å². The third-order valence-corrected chi connectivity index (χ3v) is 3.95. The maximum Gasteiger partial charge on any atom is 0.407 e. The summed E-state index contributed by atoms with van der Waals surface area (Å²) in [7, 11) is 1.58. The summed E-state index contributed by atoms with van der Waals surface area (Å²) in [5.74, 6) is 1.43. The van der Waals surface area contributed by atoms with Gasteiger partial charge in [-0.25, -0.2) is 4.79 Å². The molecule has 0 bridgehead atoms.